The van der Waals surface area contributed by atoms with Crippen LogP contribution in [0.5, 0.6) is 0 Å². The van der Waals surface area contributed by atoms with Crippen LogP contribution in [0.2, 0.25) is 0 Å². The Balaban J connectivity index is 1.69. The van der Waals surface area contributed by atoms with E-state index in [4.69, 9.17) is 0 Å². The van der Waals surface area contributed by atoms with Crippen molar-refractivity contribution in [1.82, 2.24) is 10.2 Å². The molecule has 18 heavy (non-hydrogen) atoms. The molecule has 0 radical (unpaired) electrons. The minimum absolute atomic E-state index is 0.848. The lowest BCUT2D eigenvalue weighted by Gasteiger charge is -2.18. The van der Waals surface area contributed by atoms with Crippen molar-refractivity contribution in [2.45, 2.75) is 13.5 Å². The van der Waals surface area contributed by atoms with Gasteiger partial charge in [0.05, 0.1) is 6.54 Å². The summed E-state index contributed by atoms with van der Waals surface area (Å²) in [5, 5.41) is 6.91. The number of fused-ring (bicyclic) bond motifs is 1. The Morgan fingerprint density at radius 1 is 1.39 bits per heavy atom. The molecule has 0 spiro atoms. The van der Waals surface area contributed by atoms with Gasteiger partial charge in [-0.3, -0.25) is 4.99 Å². The molecule has 4 heteroatoms. The Labute approximate surface area is 111 Å². The highest BCUT2D eigenvalue weighted by atomic mass is 32.1. The van der Waals surface area contributed by atoms with E-state index in [0.717, 1.165) is 32.1 Å². The molecule has 0 amide bonds. The third-order valence-electron chi connectivity index (χ3n) is 3.28. The summed E-state index contributed by atoms with van der Waals surface area (Å²) in [5.41, 5.74) is 1.31. The van der Waals surface area contributed by atoms with Crippen molar-refractivity contribution in [2.75, 3.05) is 19.6 Å². The Bertz CT molecular complexity index is 573. The van der Waals surface area contributed by atoms with E-state index in [9.17, 15) is 0 Å². The molecular weight excluding hydrogens is 242 g/mol. The Morgan fingerprint density at radius 2 is 2.33 bits per heavy atom. The third kappa shape index (κ3) is 2.20. The van der Waals surface area contributed by atoms with Crippen LogP contribution in [0.15, 0.2) is 34.6 Å². The molecule has 0 saturated carbocycles. The molecule has 1 aromatic carbocycles. The number of aliphatic imine (C=N–C) groups is 1. The molecular formula is C14H17N3S. The topological polar surface area (TPSA) is 27.6 Å². The summed E-state index contributed by atoms with van der Waals surface area (Å²) >= 11 is 1.79. The van der Waals surface area contributed by atoms with Gasteiger partial charge in [-0.15, -0.1) is 11.3 Å². The molecule has 3 nitrogen and oxygen atoms in total. The van der Waals surface area contributed by atoms with Crippen LogP contribution in [0.25, 0.3) is 10.1 Å². The molecule has 2 aromatic rings. The Kier molecular flexibility index (Phi) is 3.19. The minimum atomic E-state index is 0.848. The van der Waals surface area contributed by atoms with Crippen LogP contribution in [0.1, 0.15) is 12.5 Å². The highest BCUT2D eigenvalue weighted by molar-refractivity contribution is 7.17. The van der Waals surface area contributed by atoms with Crippen molar-refractivity contribution in [3.05, 3.63) is 35.2 Å². The van der Waals surface area contributed by atoms with E-state index in [1.165, 1.54) is 15.6 Å². The fourth-order valence-corrected chi connectivity index (χ4v) is 3.04. The summed E-state index contributed by atoms with van der Waals surface area (Å²) in [7, 11) is 0. The van der Waals surface area contributed by atoms with Gasteiger partial charge in [0.15, 0.2) is 5.96 Å². The van der Waals surface area contributed by atoms with Crippen LogP contribution in [0, 0.1) is 0 Å². The minimum Gasteiger partial charge on any atom is -0.352 e. The van der Waals surface area contributed by atoms with E-state index in [2.05, 4.69) is 51.8 Å². The summed E-state index contributed by atoms with van der Waals surface area (Å²) in [5.74, 6) is 1.04. The molecule has 0 bridgehead atoms. The molecule has 3 rings (SSSR count). The van der Waals surface area contributed by atoms with Crippen molar-refractivity contribution in [1.29, 1.82) is 0 Å². The van der Waals surface area contributed by atoms with E-state index in [1.807, 2.05) is 0 Å². The van der Waals surface area contributed by atoms with Gasteiger partial charge < -0.3 is 10.2 Å². The number of hydrogen-bond acceptors (Lipinski definition) is 4. The molecule has 1 N–H and O–H groups in total. The van der Waals surface area contributed by atoms with Gasteiger partial charge in [0, 0.05) is 24.3 Å². The molecule has 0 atom stereocenters. The zero-order valence-electron chi connectivity index (χ0n) is 10.5. The molecule has 0 aliphatic carbocycles. The largest absolute Gasteiger partial charge is 0.352 e. The molecule has 2 heterocycles. The second kappa shape index (κ2) is 4.98. The smallest absolute Gasteiger partial charge is 0.194 e. The van der Waals surface area contributed by atoms with Crippen LogP contribution in [-0.2, 0) is 6.54 Å². The highest BCUT2D eigenvalue weighted by Crippen LogP contribution is 2.21. The van der Waals surface area contributed by atoms with Gasteiger partial charge in [0.1, 0.15) is 0 Å². The lowest BCUT2D eigenvalue weighted by Crippen LogP contribution is -2.37. The standard InChI is InChI=1S/C14H17N3S/c1-2-17-7-6-15-14(17)16-10-11-3-4-13-12(9-11)5-8-18-13/h3-5,8-9H,2,6-7,10H2,1H3,(H,15,16). The van der Waals surface area contributed by atoms with Crippen LogP contribution < -0.4 is 5.32 Å². The molecule has 1 aliphatic rings. The van der Waals surface area contributed by atoms with Crippen molar-refractivity contribution >= 4 is 27.4 Å². The van der Waals surface area contributed by atoms with Gasteiger partial charge in [0.25, 0.3) is 0 Å². The van der Waals surface area contributed by atoms with Crippen molar-refractivity contribution in [3.63, 3.8) is 0 Å². The number of hydrogen-bond donors (Lipinski definition) is 1. The van der Waals surface area contributed by atoms with Crippen LogP contribution in [0.4, 0.5) is 0 Å². The van der Waals surface area contributed by atoms with E-state index in [1.54, 1.807) is 11.3 Å². The molecule has 0 unspecified atom stereocenters. The average Bonchev–Trinajstić information content (AvgIpc) is 3.04. The first-order chi connectivity index (χ1) is 8.86. The number of nitrogens with one attached hydrogen (secondary N) is 1. The first kappa shape index (κ1) is 11.5. The summed E-state index contributed by atoms with van der Waals surface area (Å²) in [4.78, 5) is 6.77. The Hall–Kier alpha value is -1.55. The zero-order valence-corrected chi connectivity index (χ0v) is 11.3. The number of nitrogens with zero attached hydrogens (tertiary/aromatic N) is 2. The second-order valence-electron chi connectivity index (χ2n) is 4.43. The number of thiophene rings is 1. The maximum atomic E-state index is 4.49. The van der Waals surface area contributed by atoms with Crippen molar-refractivity contribution in [3.8, 4) is 0 Å². The first-order valence-corrected chi connectivity index (χ1v) is 7.24. The van der Waals surface area contributed by atoms with Gasteiger partial charge in [-0.2, -0.15) is 0 Å². The van der Waals surface area contributed by atoms with Crippen LogP contribution >= 0.6 is 11.3 Å². The number of guanidine groups is 1. The summed E-state index contributed by atoms with van der Waals surface area (Å²) in [6.45, 7) is 6.00. The number of benzene rings is 1. The molecule has 94 valence electrons. The highest BCUT2D eigenvalue weighted by Gasteiger charge is 2.13. The number of likely N-dealkylation sites (N-methyl/N-ethyl adjacent to an activating group) is 1. The van der Waals surface area contributed by atoms with Gasteiger partial charge in [-0.1, -0.05) is 6.07 Å². The summed E-state index contributed by atoms with van der Waals surface area (Å²) in [6.07, 6.45) is 0. The predicted octanol–water partition coefficient (Wildman–Crippen LogP) is 2.68. The van der Waals surface area contributed by atoms with Crippen LogP contribution in [0.3, 0.4) is 0 Å². The van der Waals surface area contributed by atoms with E-state index in [0.29, 0.717) is 0 Å². The van der Waals surface area contributed by atoms with Gasteiger partial charge in [0.2, 0.25) is 0 Å². The third-order valence-corrected chi connectivity index (χ3v) is 4.18. The normalized spacial score (nSPS) is 15.2. The fourth-order valence-electron chi connectivity index (χ4n) is 2.27. The summed E-state index contributed by atoms with van der Waals surface area (Å²) in [6, 6.07) is 8.82. The number of rotatable bonds is 3. The van der Waals surface area contributed by atoms with Gasteiger partial charge in [-0.05, 0) is 41.5 Å². The van der Waals surface area contributed by atoms with Crippen LogP contribution in [-0.4, -0.2) is 30.5 Å². The molecule has 1 aliphatic heterocycles. The van der Waals surface area contributed by atoms with Gasteiger partial charge in [-0.25, -0.2) is 0 Å². The molecule has 1 aromatic heterocycles. The second-order valence-corrected chi connectivity index (χ2v) is 5.38. The van der Waals surface area contributed by atoms with E-state index < -0.39 is 0 Å². The SMILES string of the molecule is CCN1CCN=C1NCc1ccc2sccc2c1. The van der Waals surface area contributed by atoms with Gasteiger partial charge >= 0.3 is 0 Å². The quantitative estimate of drug-likeness (QED) is 0.917. The van der Waals surface area contributed by atoms with Crippen molar-refractivity contribution < 1.29 is 0 Å². The summed E-state index contributed by atoms with van der Waals surface area (Å²) < 4.78 is 1.35. The van der Waals surface area contributed by atoms with E-state index in [-0.39, 0.29) is 0 Å². The maximum absolute atomic E-state index is 4.49. The zero-order chi connectivity index (χ0) is 12.4. The van der Waals surface area contributed by atoms with E-state index >= 15 is 0 Å². The predicted molar refractivity (Wildman–Crippen MR) is 78.2 cm³/mol. The Morgan fingerprint density at radius 3 is 3.22 bits per heavy atom. The fraction of sp³-hybridized carbons (Fsp3) is 0.357. The maximum Gasteiger partial charge on any atom is 0.194 e. The lowest BCUT2D eigenvalue weighted by molar-refractivity contribution is 0.466. The van der Waals surface area contributed by atoms with Crippen molar-refractivity contribution in [2.24, 2.45) is 4.99 Å². The molecule has 0 saturated heterocycles. The first-order valence-electron chi connectivity index (χ1n) is 6.36. The molecule has 0 fully saturated rings. The average molecular weight is 259 g/mol. The monoisotopic (exact) mass is 259 g/mol. The lowest BCUT2D eigenvalue weighted by atomic mass is 10.2.